The number of carbonyl (C=O) groups excluding carboxylic acids is 1. The maximum atomic E-state index is 12.3. The highest BCUT2D eigenvalue weighted by Gasteiger charge is 2.13. The van der Waals surface area contributed by atoms with Crippen molar-refractivity contribution in [1.29, 1.82) is 0 Å². The number of halogens is 3. The minimum Gasteiger partial charge on any atom is -0.486 e. The smallest absolute Gasteiger partial charge is 0.335 e. The van der Waals surface area contributed by atoms with Crippen LogP contribution in [0.3, 0.4) is 0 Å². The number of carboxylic acids is 1. The first-order chi connectivity index (χ1) is 16.3. The summed E-state index contributed by atoms with van der Waals surface area (Å²) in [5, 5.41) is 14.6. The van der Waals surface area contributed by atoms with Crippen molar-refractivity contribution in [3.05, 3.63) is 98.2 Å². The fourth-order valence-corrected chi connectivity index (χ4v) is 3.83. The fraction of sp³-hybridized carbons (Fsp3) is 0.0417. The molecule has 1 aromatic heterocycles. The van der Waals surface area contributed by atoms with Gasteiger partial charge in [-0.25, -0.2) is 10.2 Å². The number of hydrazone groups is 1. The van der Waals surface area contributed by atoms with Gasteiger partial charge in [-0.15, -0.1) is 0 Å². The second-order valence-electron chi connectivity index (χ2n) is 7.10. The number of hydrogen-bond donors (Lipinski definition) is 2. The van der Waals surface area contributed by atoms with Crippen LogP contribution in [0.5, 0.6) is 5.75 Å². The molecule has 2 N–H and O–H groups in total. The molecule has 0 fully saturated rings. The Hall–Kier alpha value is -3.52. The number of rotatable bonds is 7. The number of nitrogens with zero attached hydrogens (tertiary/aromatic N) is 1. The molecule has 0 unspecified atom stereocenters. The lowest BCUT2D eigenvalue weighted by molar-refractivity contribution is 0.0696. The van der Waals surface area contributed by atoms with Crippen LogP contribution >= 0.6 is 34.8 Å². The van der Waals surface area contributed by atoms with Crippen LogP contribution < -0.4 is 10.2 Å². The largest absolute Gasteiger partial charge is 0.486 e. The van der Waals surface area contributed by atoms with Crippen LogP contribution in [0.25, 0.3) is 11.0 Å². The molecular weight excluding hydrogens is 503 g/mol. The number of aromatic carboxylic acids is 1. The van der Waals surface area contributed by atoms with Crippen LogP contribution in [0.15, 0.2) is 70.2 Å². The Kier molecular flexibility index (Phi) is 7.07. The third-order valence-corrected chi connectivity index (χ3v) is 5.48. The van der Waals surface area contributed by atoms with Gasteiger partial charge in [-0.3, -0.25) is 4.79 Å². The first-order valence-electron chi connectivity index (χ1n) is 9.77. The van der Waals surface area contributed by atoms with E-state index in [9.17, 15) is 9.59 Å². The third-order valence-electron chi connectivity index (χ3n) is 4.69. The number of nitrogens with one attached hydrogen (secondary N) is 1. The molecular formula is C24H15Cl3N2O5. The number of benzene rings is 3. The summed E-state index contributed by atoms with van der Waals surface area (Å²) >= 11 is 18.5. The normalized spacial score (nSPS) is 11.1. The molecule has 0 bridgehead atoms. The van der Waals surface area contributed by atoms with Gasteiger partial charge < -0.3 is 14.3 Å². The van der Waals surface area contributed by atoms with E-state index >= 15 is 0 Å². The average Bonchev–Trinajstić information content (AvgIpc) is 3.22. The molecule has 4 rings (SSSR count). The van der Waals surface area contributed by atoms with Crippen LogP contribution in [0.1, 0.15) is 32.0 Å². The van der Waals surface area contributed by atoms with Crippen molar-refractivity contribution in [3.63, 3.8) is 0 Å². The van der Waals surface area contributed by atoms with E-state index in [2.05, 4.69) is 10.5 Å². The number of amides is 1. The summed E-state index contributed by atoms with van der Waals surface area (Å²) in [4.78, 5) is 23.2. The topological polar surface area (TPSA) is 101 Å². The lowest BCUT2D eigenvalue weighted by Crippen LogP contribution is -2.16. The maximum Gasteiger partial charge on any atom is 0.335 e. The molecule has 0 aliphatic carbocycles. The van der Waals surface area contributed by atoms with Gasteiger partial charge in [0.05, 0.1) is 21.8 Å². The predicted octanol–water partition coefficient (Wildman–Crippen LogP) is 6.43. The molecule has 172 valence electrons. The summed E-state index contributed by atoms with van der Waals surface area (Å²) in [5.41, 5.74) is 4.37. The highest BCUT2D eigenvalue weighted by molar-refractivity contribution is 6.37. The molecule has 0 saturated heterocycles. The quantitative estimate of drug-likeness (QED) is 0.217. The second kappa shape index (κ2) is 10.2. The summed E-state index contributed by atoms with van der Waals surface area (Å²) in [6.07, 6.45) is 1.38. The summed E-state index contributed by atoms with van der Waals surface area (Å²) in [7, 11) is 0. The van der Waals surface area contributed by atoms with E-state index < -0.39 is 11.9 Å². The van der Waals surface area contributed by atoms with Crippen LogP contribution in [-0.4, -0.2) is 23.2 Å². The summed E-state index contributed by atoms with van der Waals surface area (Å²) in [6.45, 7) is 0.144. The first kappa shape index (κ1) is 23.6. The van der Waals surface area contributed by atoms with Crippen LogP contribution in [0.4, 0.5) is 0 Å². The average molecular weight is 518 g/mol. The molecule has 3 aromatic carbocycles. The maximum absolute atomic E-state index is 12.3. The molecule has 0 radical (unpaired) electrons. The molecule has 0 aliphatic heterocycles. The number of carbonyl (C=O) groups is 2. The van der Waals surface area contributed by atoms with E-state index in [1.165, 1.54) is 18.3 Å². The number of hydrogen-bond acceptors (Lipinski definition) is 5. The standard InChI is InChI=1S/C24H15Cl3N2O5/c25-17-5-6-20-16(9-17)10-21(34-20)23(30)29-28-11-14-7-18(26)22(19(27)8-14)33-12-13-1-3-15(4-2-13)24(31)32/h1-11H,12H2,(H,29,30)(H,31,32)/b28-11+. The number of fused-ring (bicyclic) bond motifs is 1. The zero-order valence-electron chi connectivity index (χ0n) is 17.2. The number of furan rings is 1. The molecule has 34 heavy (non-hydrogen) atoms. The van der Waals surface area contributed by atoms with E-state index in [4.69, 9.17) is 49.1 Å². The van der Waals surface area contributed by atoms with Crippen molar-refractivity contribution in [1.82, 2.24) is 5.43 Å². The zero-order valence-corrected chi connectivity index (χ0v) is 19.5. The van der Waals surface area contributed by atoms with E-state index in [-0.39, 0.29) is 33.7 Å². The van der Waals surface area contributed by atoms with Gasteiger partial charge in [-0.05, 0) is 59.7 Å². The van der Waals surface area contributed by atoms with Gasteiger partial charge in [0.25, 0.3) is 0 Å². The van der Waals surface area contributed by atoms with E-state index in [1.54, 1.807) is 48.5 Å². The van der Waals surface area contributed by atoms with Gasteiger partial charge in [-0.1, -0.05) is 46.9 Å². The van der Waals surface area contributed by atoms with Gasteiger partial charge >= 0.3 is 11.9 Å². The Morgan fingerprint density at radius 2 is 1.71 bits per heavy atom. The number of ether oxygens (including phenoxy) is 1. The van der Waals surface area contributed by atoms with Gasteiger partial charge in [0.1, 0.15) is 12.2 Å². The SMILES string of the molecule is O=C(O)c1ccc(COc2c(Cl)cc(/C=N/NC(=O)c3cc4cc(Cl)ccc4o3)cc2Cl)cc1. The summed E-state index contributed by atoms with van der Waals surface area (Å²) in [6, 6.07) is 16.0. The highest BCUT2D eigenvalue weighted by Crippen LogP contribution is 2.34. The minimum absolute atomic E-state index is 0.0885. The zero-order chi connectivity index (χ0) is 24.2. The predicted molar refractivity (Wildman–Crippen MR) is 130 cm³/mol. The van der Waals surface area contributed by atoms with E-state index in [0.717, 1.165) is 5.56 Å². The van der Waals surface area contributed by atoms with E-state index in [0.29, 0.717) is 21.6 Å². The van der Waals surface area contributed by atoms with Crippen molar-refractivity contribution < 1.29 is 23.8 Å². The summed E-state index contributed by atoms with van der Waals surface area (Å²) < 4.78 is 11.2. The van der Waals surface area contributed by atoms with Crippen LogP contribution in [0, 0.1) is 0 Å². The molecule has 4 aromatic rings. The third kappa shape index (κ3) is 5.51. The summed E-state index contributed by atoms with van der Waals surface area (Å²) in [5.74, 6) is -1.18. The monoisotopic (exact) mass is 516 g/mol. The second-order valence-corrected chi connectivity index (χ2v) is 8.35. The number of carboxylic acid groups (broad SMARTS) is 1. The molecule has 0 atom stereocenters. The van der Waals surface area contributed by atoms with Crippen molar-refractivity contribution in [2.24, 2.45) is 5.10 Å². The van der Waals surface area contributed by atoms with Crippen LogP contribution in [0.2, 0.25) is 15.1 Å². The lowest BCUT2D eigenvalue weighted by Gasteiger charge is -2.11. The Morgan fingerprint density at radius 3 is 2.38 bits per heavy atom. The van der Waals surface area contributed by atoms with Crippen molar-refractivity contribution >= 4 is 63.9 Å². The van der Waals surface area contributed by atoms with Crippen molar-refractivity contribution in [2.45, 2.75) is 6.61 Å². The molecule has 0 saturated carbocycles. The molecule has 7 nitrogen and oxygen atoms in total. The molecule has 10 heteroatoms. The van der Waals surface area contributed by atoms with Crippen molar-refractivity contribution in [2.75, 3.05) is 0 Å². The molecule has 0 spiro atoms. The Balaban J connectivity index is 1.39. The fourth-order valence-electron chi connectivity index (χ4n) is 3.04. The van der Waals surface area contributed by atoms with Crippen molar-refractivity contribution in [3.8, 4) is 5.75 Å². The molecule has 1 amide bonds. The molecule has 0 aliphatic rings. The van der Waals surface area contributed by atoms with Crippen LogP contribution in [-0.2, 0) is 6.61 Å². The highest BCUT2D eigenvalue weighted by atomic mass is 35.5. The van der Waals surface area contributed by atoms with Gasteiger partial charge in [0.2, 0.25) is 0 Å². The van der Waals surface area contributed by atoms with Gasteiger partial charge in [-0.2, -0.15) is 5.10 Å². The molecule has 1 heterocycles. The Morgan fingerprint density at radius 1 is 1.00 bits per heavy atom. The van der Waals surface area contributed by atoms with E-state index in [1.807, 2.05) is 0 Å². The Labute approximate surface area is 208 Å². The van der Waals surface area contributed by atoms with Gasteiger partial charge in [0, 0.05) is 10.4 Å². The lowest BCUT2D eigenvalue weighted by atomic mass is 10.1. The van der Waals surface area contributed by atoms with Gasteiger partial charge in [0.15, 0.2) is 11.5 Å². The minimum atomic E-state index is -1.01. The Bertz CT molecular complexity index is 1390. The first-order valence-corrected chi connectivity index (χ1v) is 10.9.